The summed E-state index contributed by atoms with van der Waals surface area (Å²) in [5, 5.41) is 9.18. The number of benzene rings is 1. The molecule has 1 aliphatic rings. The van der Waals surface area contributed by atoms with Gasteiger partial charge in [0, 0.05) is 18.2 Å². The summed E-state index contributed by atoms with van der Waals surface area (Å²) in [6.07, 6.45) is 7.04. The van der Waals surface area contributed by atoms with Crippen LogP contribution >= 0.6 is 11.6 Å². The first-order valence-electron chi connectivity index (χ1n) is 7.11. The van der Waals surface area contributed by atoms with Gasteiger partial charge in [-0.2, -0.15) is 0 Å². The van der Waals surface area contributed by atoms with Crippen molar-refractivity contribution in [3.05, 3.63) is 34.9 Å². The molecule has 1 saturated heterocycles. The van der Waals surface area contributed by atoms with E-state index in [-0.39, 0.29) is 0 Å². The molecule has 1 heterocycles. The number of hydrogen-bond donors (Lipinski definition) is 1. The first-order chi connectivity index (χ1) is 10.2. The first-order valence-corrected chi connectivity index (χ1v) is 7.48. The highest BCUT2D eigenvalue weighted by Crippen LogP contribution is 2.30. The maximum Gasteiger partial charge on any atom is 0.328 e. The monoisotopic (exact) mass is 310 g/mol. The zero-order chi connectivity index (χ0) is 15.1. The van der Waals surface area contributed by atoms with Crippen LogP contribution in [0.5, 0.6) is 5.75 Å². The molecule has 0 bridgehead atoms. The molecular formula is C16H19ClO4. The summed E-state index contributed by atoms with van der Waals surface area (Å²) < 4.78 is 11.3. The van der Waals surface area contributed by atoms with Crippen molar-refractivity contribution in [2.24, 2.45) is 0 Å². The molecule has 4 nitrogen and oxygen atoms in total. The minimum absolute atomic E-state index is 0.353. The molecule has 0 aliphatic carbocycles. The molecule has 1 N–H and O–H groups in total. The van der Waals surface area contributed by atoms with Gasteiger partial charge in [-0.3, -0.25) is 0 Å². The Morgan fingerprint density at radius 3 is 3.10 bits per heavy atom. The van der Waals surface area contributed by atoms with E-state index in [1.54, 1.807) is 18.2 Å². The third-order valence-corrected chi connectivity index (χ3v) is 3.64. The highest BCUT2D eigenvalue weighted by Gasteiger charge is 2.15. The van der Waals surface area contributed by atoms with Crippen molar-refractivity contribution in [1.82, 2.24) is 0 Å². The highest BCUT2D eigenvalue weighted by molar-refractivity contribution is 6.32. The number of para-hydroxylation sites is 1. The minimum atomic E-state index is -1.00. The zero-order valence-corrected chi connectivity index (χ0v) is 12.5. The van der Waals surface area contributed by atoms with Gasteiger partial charge in [0.25, 0.3) is 0 Å². The van der Waals surface area contributed by atoms with Crippen LogP contribution in [0.2, 0.25) is 5.02 Å². The molecule has 1 aromatic rings. The van der Waals surface area contributed by atoms with Crippen molar-refractivity contribution in [3.8, 4) is 5.75 Å². The molecule has 0 radical (unpaired) electrons. The van der Waals surface area contributed by atoms with Gasteiger partial charge in [0.1, 0.15) is 5.75 Å². The topological polar surface area (TPSA) is 55.8 Å². The smallest absolute Gasteiger partial charge is 0.328 e. The minimum Gasteiger partial charge on any atom is -0.491 e. The average molecular weight is 311 g/mol. The van der Waals surface area contributed by atoms with Crippen LogP contribution in [-0.4, -0.2) is 30.4 Å². The SMILES string of the molecule is O=C(O)/C=C/c1cccc(Cl)c1OCCCC1CCCO1. The summed E-state index contributed by atoms with van der Waals surface area (Å²) in [7, 11) is 0. The van der Waals surface area contributed by atoms with E-state index in [0.29, 0.717) is 29.0 Å². The quantitative estimate of drug-likeness (QED) is 0.615. The van der Waals surface area contributed by atoms with Crippen molar-refractivity contribution in [2.45, 2.75) is 31.8 Å². The van der Waals surface area contributed by atoms with E-state index < -0.39 is 5.97 Å². The van der Waals surface area contributed by atoms with E-state index in [0.717, 1.165) is 38.4 Å². The van der Waals surface area contributed by atoms with E-state index in [1.165, 1.54) is 6.08 Å². The van der Waals surface area contributed by atoms with Crippen molar-refractivity contribution >= 4 is 23.6 Å². The number of carboxylic acids is 1. The van der Waals surface area contributed by atoms with Crippen molar-refractivity contribution in [3.63, 3.8) is 0 Å². The molecular weight excluding hydrogens is 292 g/mol. The van der Waals surface area contributed by atoms with Crippen LogP contribution in [0.25, 0.3) is 6.08 Å². The third-order valence-electron chi connectivity index (χ3n) is 3.34. The molecule has 1 fully saturated rings. The maximum atomic E-state index is 10.6. The molecule has 0 aromatic heterocycles. The molecule has 0 spiro atoms. The Morgan fingerprint density at radius 1 is 1.52 bits per heavy atom. The Bertz CT molecular complexity index is 507. The van der Waals surface area contributed by atoms with Gasteiger partial charge in [-0.1, -0.05) is 23.7 Å². The Balaban J connectivity index is 1.90. The Hall–Kier alpha value is -1.52. The van der Waals surface area contributed by atoms with Gasteiger partial charge in [-0.05, 0) is 37.8 Å². The lowest BCUT2D eigenvalue weighted by Gasteiger charge is -2.12. The van der Waals surface area contributed by atoms with Crippen LogP contribution in [0.3, 0.4) is 0 Å². The van der Waals surface area contributed by atoms with Gasteiger partial charge in [0.2, 0.25) is 0 Å². The lowest BCUT2D eigenvalue weighted by molar-refractivity contribution is -0.131. The average Bonchev–Trinajstić information content (AvgIpc) is 2.96. The van der Waals surface area contributed by atoms with E-state index in [2.05, 4.69) is 0 Å². The van der Waals surface area contributed by atoms with Crippen molar-refractivity contribution < 1.29 is 19.4 Å². The van der Waals surface area contributed by atoms with Crippen LogP contribution in [-0.2, 0) is 9.53 Å². The normalized spacial score (nSPS) is 18.2. The first kappa shape index (κ1) is 15.9. The van der Waals surface area contributed by atoms with E-state index in [4.69, 9.17) is 26.2 Å². The molecule has 1 atom stereocenters. The predicted octanol–water partition coefficient (Wildman–Crippen LogP) is 3.78. The van der Waals surface area contributed by atoms with Gasteiger partial charge >= 0.3 is 5.97 Å². The van der Waals surface area contributed by atoms with Gasteiger partial charge < -0.3 is 14.6 Å². The van der Waals surface area contributed by atoms with Crippen molar-refractivity contribution in [2.75, 3.05) is 13.2 Å². The summed E-state index contributed by atoms with van der Waals surface area (Å²) in [5.74, 6) is -0.469. The fourth-order valence-corrected chi connectivity index (χ4v) is 2.56. The lowest BCUT2D eigenvalue weighted by Crippen LogP contribution is -2.08. The number of hydrogen-bond acceptors (Lipinski definition) is 3. The van der Waals surface area contributed by atoms with Crippen LogP contribution < -0.4 is 4.74 Å². The molecule has 21 heavy (non-hydrogen) atoms. The van der Waals surface area contributed by atoms with Gasteiger partial charge in [0.15, 0.2) is 0 Å². The van der Waals surface area contributed by atoms with E-state index in [9.17, 15) is 4.79 Å². The summed E-state index contributed by atoms with van der Waals surface area (Å²) in [4.78, 5) is 10.6. The molecule has 1 aromatic carbocycles. The van der Waals surface area contributed by atoms with Gasteiger partial charge in [-0.25, -0.2) is 4.79 Å². The molecule has 1 aliphatic heterocycles. The standard InChI is InChI=1S/C16H19ClO4/c17-14-7-1-4-12(8-9-15(18)19)16(14)21-11-3-6-13-5-2-10-20-13/h1,4,7-9,13H,2-3,5-6,10-11H2,(H,18,19)/b9-8+. The summed E-state index contributed by atoms with van der Waals surface area (Å²) >= 11 is 6.12. The summed E-state index contributed by atoms with van der Waals surface area (Å²) in [6, 6.07) is 5.28. The molecule has 114 valence electrons. The molecule has 0 saturated carbocycles. The van der Waals surface area contributed by atoms with Crippen LogP contribution in [0.15, 0.2) is 24.3 Å². The van der Waals surface area contributed by atoms with E-state index in [1.807, 2.05) is 0 Å². The van der Waals surface area contributed by atoms with Gasteiger partial charge in [-0.15, -0.1) is 0 Å². The Morgan fingerprint density at radius 2 is 2.38 bits per heavy atom. The maximum absolute atomic E-state index is 10.6. The van der Waals surface area contributed by atoms with E-state index >= 15 is 0 Å². The third kappa shape index (κ3) is 5.06. The highest BCUT2D eigenvalue weighted by atomic mass is 35.5. The van der Waals surface area contributed by atoms with Gasteiger partial charge in [0.05, 0.1) is 17.7 Å². The number of rotatable bonds is 7. The van der Waals surface area contributed by atoms with Crippen LogP contribution in [0.1, 0.15) is 31.2 Å². The molecule has 1 unspecified atom stereocenters. The zero-order valence-electron chi connectivity index (χ0n) is 11.8. The second-order valence-electron chi connectivity index (χ2n) is 4.96. The summed E-state index contributed by atoms with van der Waals surface area (Å²) in [5.41, 5.74) is 0.669. The molecule has 0 amide bonds. The molecule has 2 rings (SSSR count). The largest absolute Gasteiger partial charge is 0.491 e. The lowest BCUT2D eigenvalue weighted by atomic mass is 10.1. The Kier molecular flexibility index (Phi) is 6.08. The number of aliphatic carboxylic acids is 1. The fraction of sp³-hybridized carbons (Fsp3) is 0.438. The van der Waals surface area contributed by atoms with Crippen molar-refractivity contribution in [1.29, 1.82) is 0 Å². The second kappa shape index (κ2) is 8.05. The number of carbonyl (C=O) groups is 1. The van der Waals surface area contributed by atoms with Crippen LogP contribution in [0, 0.1) is 0 Å². The molecule has 5 heteroatoms. The predicted molar refractivity (Wildman–Crippen MR) is 81.8 cm³/mol. The summed E-state index contributed by atoms with van der Waals surface area (Å²) in [6.45, 7) is 1.40. The number of carboxylic acid groups (broad SMARTS) is 1. The Labute approximate surface area is 129 Å². The fourth-order valence-electron chi connectivity index (χ4n) is 2.33. The number of ether oxygens (including phenoxy) is 2. The van der Waals surface area contributed by atoms with Crippen LogP contribution in [0.4, 0.5) is 0 Å². The second-order valence-corrected chi connectivity index (χ2v) is 5.36. The number of halogens is 1.